The van der Waals surface area contributed by atoms with E-state index >= 15 is 0 Å². The Morgan fingerprint density at radius 2 is 1.20 bits per heavy atom. The molecular weight excluding hydrogens is 731 g/mol. The third kappa shape index (κ3) is 4.32. The number of hydrogen-bond acceptors (Lipinski definition) is 3. The van der Waals surface area contributed by atoms with Crippen molar-refractivity contribution in [3.63, 3.8) is 0 Å². The van der Waals surface area contributed by atoms with Gasteiger partial charge in [0.15, 0.2) is 5.58 Å². The molecule has 215 valence electrons. The number of benzene rings is 5. The minimum absolute atomic E-state index is 0. The van der Waals surface area contributed by atoms with Gasteiger partial charge in [-0.3, -0.25) is 0 Å². The molecular formula is C40H23IrN3O-2. The SMILES string of the molecule is [Ir].[c-]1cc2c(cc1-c1ccccn1)c1cccc3c4ccc5c6ccccc6oc5c4n2c13.[c-]1ccccc1-c1ccccn1. The van der Waals surface area contributed by atoms with Crippen LogP contribution >= 0.6 is 0 Å². The Balaban J connectivity index is 0.000000196. The molecule has 1 radical (unpaired) electrons. The number of aromatic nitrogens is 3. The van der Waals surface area contributed by atoms with Gasteiger partial charge in [-0.25, -0.2) is 0 Å². The monoisotopic (exact) mass is 754 g/mol. The van der Waals surface area contributed by atoms with Crippen molar-refractivity contribution in [1.29, 1.82) is 0 Å². The molecule has 0 saturated carbocycles. The molecule has 0 N–H and O–H groups in total. The number of furan rings is 1. The fourth-order valence-electron chi connectivity index (χ4n) is 6.42. The normalized spacial score (nSPS) is 11.4. The summed E-state index contributed by atoms with van der Waals surface area (Å²) in [5, 5.41) is 7.21. The molecule has 45 heavy (non-hydrogen) atoms. The maximum absolute atomic E-state index is 6.43. The molecule has 0 saturated heterocycles. The Morgan fingerprint density at radius 3 is 1.96 bits per heavy atom. The van der Waals surface area contributed by atoms with E-state index in [-0.39, 0.29) is 20.1 Å². The summed E-state index contributed by atoms with van der Waals surface area (Å²) in [5.41, 5.74) is 9.30. The molecule has 10 aromatic rings. The second kappa shape index (κ2) is 11.0. The molecule has 5 aromatic heterocycles. The molecule has 0 fully saturated rings. The van der Waals surface area contributed by atoms with Gasteiger partial charge in [0.2, 0.25) is 0 Å². The Labute approximate surface area is 272 Å². The number of rotatable bonds is 2. The van der Waals surface area contributed by atoms with Crippen molar-refractivity contribution in [3.05, 3.63) is 152 Å². The molecule has 0 amide bonds. The number of nitrogens with zero attached hydrogens (tertiary/aromatic N) is 3. The molecule has 0 bridgehead atoms. The van der Waals surface area contributed by atoms with Gasteiger partial charge < -0.3 is 18.8 Å². The minimum Gasteiger partial charge on any atom is -0.454 e. The molecule has 10 rings (SSSR count). The van der Waals surface area contributed by atoms with Crippen molar-refractivity contribution < 1.29 is 24.5 Å². The van der Waals surface area contributed by atoms with E-state index in [2.05, 4.69) is 81.1 Å². The number of pyridine rings is 2. The largest absolute Gasteiger partial charge is 0.454 e. The van der Waals surface area contributed by atoms with Crippen LogP contribution in [0, 0.1) is 12.1 Å². The number of hydrogen-bond donors (Lipinski definition) is 0. The van der Waals surface area contributed by atoms with Crippen LogP contribution in [0.25, 0.3) is 82.5 Å². The fourth-order valence-corrected chi connectivity index (χ4v) is 6.42. The first-order valence-corrected chi connectivity index (χ1v) is 14.6. The van der Waals surface area contributed by atoms with E-state index in [9.17, 15) is 0 Å². The summed E-state index contributed by atoms with van der Waals surface area (Å²) in [6, 6.07) is 49.8. The molecule has 0 atom stereocenters. The van der Waals surface area contributed by atoms with Gasteiger partial charge in [-0.05, 0) is 46.6 Å². The average Bonchev–Trinajstić information content (AvgIpc) is 3.76. The summed E-state index contributed by atoms with van der Waals surface area (Å²) in [4.78, 5) is 8.74. The van der Waals surface area contributed by atoms with Crippen molar-refractivity contribution in [2.75, 3.05) is 0 Å². The Kier molecular flexibility index (Phi) is 6.64. The van der Waals surface area contributed by atoms with E-state index in [0.717, 1.165) is 55.5 Å². The molecule has 0 spiro atoms. The van der Waals surface area contributed by atoms with Crippen LogP contribution in [-0.4, -0.2) is 14.4 Å². The number of para-hydroxylation sites is 2. The van der Waals surface area contributed by atoms with Crippen LogP contribution in [-0.2, 0) is 20.1 Å². The summed E-state index contributed by atoms with van der Waals surface area (Å²) in [7, 11) is 0. The first-order valence-electron chi connectivity index (χ1n) is 14.6. The molecule has 4 nitrogen and oxygen atoms in total. The Hall–Kier alpha value is -5.35. The summed E-state index contributed by atoms with van der Waals surface area (Å²) < 4.78 is 8.79. The van der Waals surface area contributed by atoms with Crippen LogP contribution in [0.4, 0.5) is 0 Å². The van der Waals surface area contributed by atoms with Gasteiger partial charge in [0.1, 0.15) is 5.58 Å². The van der Waals surface area contributed by atoms with Crippen molar-refractivity contribution in [2.45, 2.75) is 0 Å². The van der Waals surface area contributed by atoms with Gasteiger partial charge >= 0.3 is 0 Å². The van der Waals surface area contributed by atoms with Crippen molar-refractivity contribution in [3.8, 4) is 22.5 Å². The van der Waals surface area contributed by atoms with E-state index < -0.39 is 0 Å². The van der Waals surface area contributed by atoms with Crippen molar-refractivity contribution in [1.82, 2.24) is 14.4 Å². The van der Waals surface area contributed by atoms with Crippen LogP contribution in [0.1, 0.15) is 0 Å². The quantitative estimate of drug-likeness (QED) is 0.165. The predicted molar refractivity (Wildman–Crippen MR) is 179 cm³/mol. The summed E-state index contributed by atoms with van der Waals surface area (Å²) in [6.07, 6.45) is 3.61. The zero-order valence-electron chi connectivity index (χ0n) is 23.9. The smallest absolute Gasteiger partial charge is 0.159 e. The first-order chi connectivity index (χ1) is 21.8. The molecule has 5 heterocycles. The van der Waals surface area contributed by atoms with Gasteiger partial charge in [0, 0.05) is 54.0 Å². The third-order valence-corrected chi connectivity index (χ3v) is 8.34. The second-order valence-corrected chi connectivity index (χ2v) is 10.8. The third-order valence-electron chi connectivity index (χ3n) is 8.34. The van der Waals surface area contributed by atoms with Gasteiger partial charge in [-0.1, -0.05) is 72.1 Å². The van der Waals surface area contributed by atoms with Crippen LogP contribution < -0.4 is 0 Å². The van der Waals surface area contributed by atoms with Crippen LogP contribution in [0.5, 0.6) is 0 Å². The summed E-state index contributed by atoms with van der Waals surface area (Å²) >= 11 is 0. The van der Waals surface area contributed by atoms with Crippen molar-refractivity contribution in [2.24, 2.45) is 0 Å². The molecule has 0 aliphatic heterocycles. The maximum Gasteiger partial charge on any atom is 0.159 e. The van der Waals surface area contributed by atoms with E-state index in [0.29, 0.717) is 0 Å². The van der Waals surface area contributed by atoms with Gasteiger partial charge in [-0.2, -0.15) is 0 Å². The second-order valence-electron chi connectivity index (χ2n) is 10.8. The number of fused-ring (bicyclic) bond motifs is 10. The maximum atomic E-state index is 6.43. The first kappa shape index (κ1) is 27.2. The van der Waals surface area contributed by atoms with Crippen LogP contribution in [0.3, 0.4) is 0 Å². The standard InChI is InChI=1S/C29H15N2O.C11H8N.Ir/c1-2-10-26-18(6-1)22-13-12-21-19-7-5-8-20-23-16-17(24-9-3-4-15-30-24)11-14-25(23)31(27(19)20)28(21)29(22)32-26;1-2-6-10(7-3-1)11-8-4-5-9-12-11;/h1-10,12-16H;1-6,8-9H;/q2*-1;. The fraction of sp³-hybridized carbons (Fsp3) is 0. The van der Waals surface area contributed by atoms with Crippen LogP contribution in [0.15, 0.2) is 144 Å². The topological polar surface area (TPSA) is 43.3 Å². The van der Waals surface area contributed by atoms with E-state index in [1.54, 1.807) is 6.20 Å². The molecule has 0 unspecified atom stereocenters. The summed E-state index contributed by atoms with van der Waals surface area (Å²) in [5.74, 6) is 0. The average molecular weight is 754 g/mol. The predicted octanol–water partition coefficient (Wildman–Crippen LogP) is 10.1. The molecule has 5 heteroatoms. The zero-order chi connectivity index (χ0) is 29.0. The van der Waals surface area contributed by atoms with E-state index in [1.807, 2.05) is 79.0 Å². The van der Waals surface area contributed by atoms with Crippen molar-refractivity contribution >= 4 is 60.0 Å². The zero-order valence-corrected chi connectivity index (χ0v) is 26.3. The molecule has 0 aliphatic carbocycles. The Morgan fingerprint density at radius 1 is 0.533 bits per heavy atom. The minimum atomic E-state index is 0. The van der Waals surface area contributed by atoms with E-state index in [1.165, 1.54) is 27.1 Å². The van der Waals surface area contributed by atoms with Gasteiger partial charge in [-0.15, -0.1) is 59.7 Å². The van der Waals surface area contributed by atoms with Crippen LogP contribution in [0.2, 0.25) is 0 Å². The Bertz CT molecular complexity index is 2550. The molecule has 0 aliphatic rings. The van der Waals surface area contributed by atoms with E-state index in [4.69, 9.17) is 4.42 Å². The molecule has 5 aromatic carbocycles. The van der Waals surface area contributed by atoms with Gasteiger partial charge in [0.25, 0.3) is 0 Å². The summed E-state index contributed by atoms with van der Waals surface area (Å²) in [6.45, 7) is 0. The van der Waals surface area contributed by atoms with Gasteiger partial charge in [0.05, 0.1) is 11.0 Å².